The first kappa shape index (κ1) is 45.2. The predicted octanol–water partition coefficient (Wildman–Crippen LogP) is 2.72. The van der Waals surface area contributed by atoms with Gasteiger partial charge in [-0.3, -0.25) is 4.79 Å². The molecule has 0 saturated carbocycles. The second kappa shape index (κ2) is 35.1. The fourth-order valence-electron chi connectivity index (χ4n) is 3.94. The summed E-state index contributed by atoms with van der Waals surface area (Å²) < 4.78 is 71.4. The number of aldehydes is 1. The monoisotopic (exact) mass is 741 g/mol. The zero-order chi connectivity index (χ0) is 36.8. The molecule has 296 valence electrons. The maximum Gasteiger partial charge on any atom is 0.150 e. The molecule has 15 heteroatoms. The highest BCUT2D eigenvalue weighted by atomic mass is 16.6. The van der Waals surface area contributed by atoms with Crippen LogP contribution in [0.15, 0.2) is 48.5 Å². The van der Waals surface area contributed by atoms with Crippen LogP contribution in [-0.2, 0) is 52.1 Å². The van der Waals surface area contributed by atoms with E-state index in [2.05, 4.69) is 0 Å². The van der Waals surface area contributed by atoms with Crippen molar-refractivity contribution in [3.63, 3.8) is 0 Å². The van der Waals surface area contributed by atoms with E-state index < -0.39 is 0 Å². The zero-order valence-corrected chi connectivity index (χ0v) is 30.5. The number of nitrogen functional groups attached to an aromatic ring is 1. The first-order chi connectivity index (χ1) is 25.8. The molecule has 2 rings (SSSR count). The summed E-state index contributed by atoms with van der Waals surface area (Å²) in [5, 5.41) is 0. The normalized spacial score (nSPS) is 11.2. The number of rotatable bonds is 39. The number of hydrogen-bond acceptors (Lipinski definition) is 15. The lowest BCUT2D eigenvalue weighted by Gasteiger charge is -2.09. The maximum atomic E-state index is 10.6. The van der Waals surface area contributed by atoms with Crippen molar-refractivity contribution in [2.75, 3.05) is 164 Å². The van der Waals surface area contributed by atoms with Crippen molar-refractivity contribution in [1.29, 1.82) is 0 Å². The van der Waals surface area contributed by atoms with E-state index in [9.17, 15) is 4.79 Å². The van der Waals surface area contributed by atoms with E-state index in [1.807, 2.05) is 12.1 Å². The second-order valence-corrected chi connectivity index (χ2v) is 10.7. The van der Waals surface area contributed by atoms with Crippen molar-refractivity contribution in [3.8, 4) is 11.5 Å². The van der Waals surface area contributed by atoms with Crippen molar-refractivity contribution in [1.82, 2.24) is 0 Å². The van der Waals surface area contributed by atoms with Gasteiger partial charge in [0.25, 0.3) is 0 Å². The number of hydrogen-bond donors (Lipinski definition) is 1. The maximum absolute atomic E-state index is 10.6. The number of carbonyl (C=O) groups excluding carboxylic acids is 1. The molecule has 0 aliphatic heterocycles. The zero-order valence-electron chi connectivity index (χ0n) is 30.5. The summed E-state index contributed by atoms with van der Waals surface area (Å²) in [5.41, 5.74) is 6.97. The van der Waals surface area contributed by atoms with Crippen LogP contribution in [0.2, 0.25) is 0 Å². The van der Waals surface area contributed by atoms with Gasteiger partial charge in [0.05, 0.1) is 145 Å². The lowest BCUT2D eigenvalue weighted by molar-refractivity contribution is -0.0279. The molecule has 0 aromatic heterocycles. The fourth-order valence-corrected chi connectivity index (χ4v) is 3.94. The molecule has 0 unspecified atom stereocenters. The highest BCUT2D eigenvalue weighted by Gasteiger charge is 1.99. The Morgan fingerprint density at radius 3 is 0.769 bits per heavy atom. The van der Waals surface area contributed by atoms with Crippen LogP contribution in [0.1, 0.15) is 10.4 Å². The molecule has 0 aliphatic carbocycles. The van der Waals surface area contributed by atoms with E-state index >= 15 is 0 Å². The second-order valence-electron chi connectivity index (χ2n) is 10.7. The molecule has 0 aliphatic rings. The first-order valence-electron chi connectivity index (χ1n) is 17.8. The number of ether oxygens (including phenoxy) is 13. The third-order valence-electron chi connectivity index (χ3n) is 6.61. The first-order valence-corrected chi connectivity index (χ1v) is 17.8. The molecule has 0 radical (unpaired) electrons. The van der Waals surface area contributed by atoms with Crippen molar-refractivity contribution in [2.45, 2.75) is 0 Å². The van der Waals surface area contributed by atoms with Gasteiger partial charge in [-0.05, 0) is 48.5 Å². The summed E-state index contributed by atoms with van der Waals surface area (Å²) in [6.45, 7) is 11.7. The molecule has 0 saturated heterocycles. The van der Waals surface area contributed by atoms with Gasteiger partial charge in [-0.25, -0.2) is 0 Å². The Morgan fingerprint density at radius 2 is 0.538 bits per heavy atom. The van der Waals surface area contributed by atoms with E-state index in [1.54, 1.807) is 36.4 Å². The minimum absolute atomic E-state index is 0.427. The Hall–Kier alpha value is -2.93. The van der Waals surface area contributed by atoms with Crippen molar-refractivity contribution >= 4 is 12.0 Å². The van der Waals surface area contributed by atoms with E-state index in [-0.39, 0.29) is 0 Å². The third-order valence-corrected chi connectivity index (χ3v) is 6.61. The molecule has 2 N–H and O–H groups in total. The average molecular weight is 742 g/mol. The Labute approximate surface area is 308 Å². The van der Waals surface area contributed by atoms with Gasteiger partial charge >= 0.3 is 0 Å². The van der Waals surface area contributed by atoms with E-state index in [4.69, 9.17) is 67.3 Å². The highest BCUT2D eigenvalue weighted by Crippen LogP contribution is 2.13. The topological polar surface area (TPSA) is 163 Å². The van der Waals surface area contributed by atoms with Gasteiger partial charge in [0, 0.05) is 11.3 Å². The van der Waals surface area contributed by atoms with Crippen molar-refractivity contribution < 1.29 is 66.4 Å². The summed E-state index contributed by atoms with van der Waals surface area (Å²) in [6.07, 6.45) is 0.797. The largest absolute Gasteiger partial charge is 0.491 e. The fraction of sp³-hybridized carbons (Fsp3) is 0.649. The van der Waals surface area contributed by atoms with Gasteiger partial charge in [0.1, 0.15) is 31.0 Å². The van der Waals surface area contributed by atoms with Crippen LogP contribution >= 0.6 is 0 Å². The molecular formula is C37H59NO14. The number of carbonyl (C=O) groups is 1. The van der Waals surface area contributed by atoms with Gasteiger partial charge in [-0.2, -0.15) is 0 Å². The summed E-state index contributed by atoms with van der Waals surface area (Å²) in [7, 11) is 0. The molecular weight excluding hydrogens is 682 g/mol. The molecule has 0 atom stereocenters. The molecule has 0 amide bonds. The Kier molecular flexibility index (Phi) is 30.5. The predicted molar refractivity (Wildman–Crippen MR) is 193 cm³/mol. The summed E-state index contributed by atoms with van der Waals surface area (Å²) in [4.78, 5) is 10.6. The summed E-state index contributed by atoms with van der Waals surface area (Å²) in [5.74, 6) is 1.47. The molecule has 15 nitrogen and oxygen atoms in total. The summed E-state index contributed by atoms with van der Waals surface area (Å²) in [6, 6.07) is 14.2. The van der Waals surface area contributed by atoms with Gasteiger partial charge < -0.3 is 67.3 Å². The van der Waals surface area contributed by atoms with Crippen LogP contribution in [-0.4, -0.2) is 165 Å². The Morgan fingerprint density at radius 1 is 0.327 bits per heavy atom. The molecule has 0 fully saturated rings. The number of anilines is 1. The Bertz CT molecular complexity index is 1050. The smallest absolute Gasteiger partial charge is 0.150 e. The van der Waals surface area contributed by atoms with Gasteiger partial charge in [0.15, 0.2) is 0 Å². The minimum atomic E-state index is 0.427. The Balaban J connectivity index is 1.14. The molecule has 0 heterocycles. The number of nitrogens with two attached hydrogens (primary N) is 1. The van der Waals surface area contributed by atoms with Crippen LogP contribution in [0, 0.1) is 0 Å². The number of benzene rings is 2. The van der Waals surface area contributed by atoms with Gasteiger partial charge in [-0.15, -0.1) is 0 Å². The highest BCUT2D eigenvalue weighted by molar-refractivity contribution is 5.74. The van der Waals surface area contributed by atoms with Crippen LogP contribution in [0.3, 0.4) is 0 Å². The molecule has 2 aromatic carbocycles. The van der Waals surface area contributed by atoms with Crippen LogP contribution in [0.25, 0.3) is 0 Å². The summed E-state index contributed by atoms with van der Waals surface area (Å²) >= 11 is 0. The standard InChI is InChI=1S/C37H59NO14/c38-35-3-7-37(8-4-35)52-32-30-50-28-26-48-24-22-46-20-18-44-16-14-42-12-10-40-9-11-41-13-15-43-17-19-45-21-23-47-25-27-49-29-31-51-36-5-1-34(33-39)2-6-36/h1-8,33H,9-32,38H2. The van der Waals surface area contributed by atoms with Crippen LogP contribution in [0.5, 0.6) is 11.5 Å². The average Bonchev–Trinajstić information content (AvgIpc) is 3.17. The van der Waals surface area contributed by atoms with Crippen LogP contribution in [0.4, 0.5) is 5.69 Å². The van der Waals surface area contributed by atoms with E-state index in [1.165, 1.54) is 0 Å². The van der Waals surface area contributed by atoms with Gasteiger partial charge in [-0.1, -0.05) is 0 Å². The quantitative estimate of drug-likeness (QED) is 0.0604. The van der Waals surface area contributed by atoms with Crippen molar-refractivity contribution in [2.24, 2.45) is 0 Å². The van der Waals surface area contributed by atoms with Gasteiger partial charge in [0.2, 0.25) is 0 Å². The SMILES string of the molecule is Nc1ccc(OCCOCCOCCOCCOCCOCCOCCOCCOCCOCCOCCOCCOc2ccc(C=O)cc2)cc1. The molecule has 52 heavy (non-hydrogen) atoms. The lowest BCUT2D eigenvalue weighted by atomic mass is 10.2. The van der Waals surface area contributed by atoms with Crippen LogP contribution < -0.4 is 15.2 Å². The van der Waals surface area contributed by atoms with Crippen molar-refractivity contribution in [3.05, 3.63) is 54.1 Å². The lowest BCUT2D eigenvalue weighted by Crippen LogP contribution is -2.15. The van der Waals surface area contributed by atoms with E-state index in [0.29, 0.717) is 176 Å². The minimum Gasteiger partial charge on any atom is -0.491 e. The molecule has 0 spiro atoms. The molecule has 2 aromatic rings. The molecule has 0 bridgehead atoms. The van der Waals surface area contributed by atoms with E-state index in [0.717, 1.165) is 12.0 Å². The third kappa shape index (κ3) is 28.6.